The lowest BCUT2D eigenvalue weighted by Gasteiger charge is -2.29. The van der Waals surface area contributed by atoms with E-state index in [1.807, 2.05) is 84.9 Å². The van der Waals surface area contributed by atoms with Gasteiger partial charge in [0.15, 0.2) is 17.5 Å². The molecule has 316 valence electrons. The van der Waals surface area contributed by atoms with Gasteiger partial charge in [-0.15, -0.1) is 0 Å². The third-order valence-corrected chi connectivity index (χ3v) is 11.8. The van der Waals surface area contributed by atoms with Gasteiger partial charge in [0.2, 0.25) is 11.8 Å². The molecule has 0 spiro atoms. The van der Waals surface area contributed by atoms with Gasteiger partial charge in [0.05, 0.1) is 79.0 Å². The van der Waals surface area contributed by atoms with Gasteiger partial charge in [-0.25, -0.2) is 29.9 Å². The fourth-order valence-electron chi connectivity index (χ4n) is 8.07. The first-order chi connectivity index (χ1) is 29.8. The highest BCUT2D eigenvalue weighted by atomic mass is 16.5. The Morgan fingerprint density at radius 1 is 0.613 bits per heavy atom. The summed E-state index contributed by atoms with van der Waals surface area (Å²) in [5.41, 5.74) is 6.76. The molecule has 2 aromatic carbocycles. The van der Waals surface area contributed by atoms with Crippen LogP contribution in [-0.2, 0) is 29.9 Å². The number of rotatable bonds is 7. The number of amides is 2. The van der Waals surface area contributed by atoms with Crippen LogP contribution in [0.15, 0.2) is 79.8 Å². The minimum atomic E-state index is -0.663. The molecule has 0 unspecified atom stereocenters. The van der Waals surface area contributed by atoms with Crippen LogP contribution in [0.25, 0.3) is 22.3 Å². The van der Waals surface area contributed by atoms with Gasteiger partial charge >= 0.3 is 0 Å². The number of nitrogens with one attached hydrogen (secondary N) is 1. The Balaban J connectivity index is 0.000000158. The largest absolute Gasteiger partial charge is 0.378 e. The Morgan fingerprint density at radius 3 is 1.63 bits per heavy atom. The summed E-state index contributed by atoms with van der Waals surface area (Å²) >= 11 is 0. The van der Waals surface area contributed by atoms with Crippen molar-refractivity contribution < 1.29 is 19.1 Å². The van der Waals surface area contributed by atoms with E-state index in [9.17, 15) is 9.59 Å². The standard InChI is InChI=1S/C24H26N6O2.C22H22N6O2/c1-15-22(29-7-9-32-10-8-29)28-21(14-25-15)30-20-11-17(18-12-26-16(2)27-13-18)5-6-19(20)24(3,4)23(30)31;1-13-24-7-15(8-25-13)14-4-5-17-18(6-14)28(21(29)22(17,2)3)20-10-23-9-19(27-20)26-16-11-30-12-16/h5-6,11-14H,7-10H2,1-4H3;4-10,16H,11-12H2,1-3H3,(H,26,27). The van der Waals surface area contributed by atoms with Crippen molar-refractivity contribution in [3.63, 3.8) is 0 Å². The summed E-state index contributed by atoms with van der Waals surface area (Å²) in [7, 11) is 0. The lowest BCUT2D eigenvalue weighted by molar-refractivity contribution is -0.122. The molecule has 4 aliphatic heterocycles. The molecular formula is C46H48N12O4. The van der Waals surface area contributed by atoms with E-state index < -0.39 is 10.8 Å². The highest BCUT2D eigenvalue weighted by Gasteiger charge is 2.47. The summed E-state index contributed by atoms with van der Waals surface area (Å²) in [6, 6.07) is 12.3. The summed E-state index contributed by atoms with van der Waals surface area (Å²) in [5, 5.41) is 3.29. The van der Waals surface area contributed by atoms with Gasteiger partial charge in [0, 0.05) is 49.0 Å². The highest BCUT2D eigenvalue weighted by molar-refractivity contribution is 6.13. The van der Waals surface area contributed by atoms with E-state index in [0.29, 0.717) is 49.7 Å². The topological polar surface area (TPSA) is 177 Å². The predicted octanol–water partition coefficient (Wildman–Crippen LogP) is 6.35. The van der Waals surface area contributed by atoms with E-state index in [1.54, 1.807) is 53.2 Å². The van der Waals surface area contributed by atoms with Crippen molar-refractivity contribution in [3.05, 3.63) is 108 Å². The number of hydrogen-bond donors (Lipinski definition) is 1. The SMILES string of the molecule is Cc1ncc(-c2ccc3c(c2)N(c2cnc(C)c(N4CCOCC4)n2)C(=O)C3(C)C)cn1.Cc1ncc(-c2ccc3c(c2)N(c2cncc(NC4COC4)n2)C(=O)C3(C)C)cn1. The number of ether oxygens (including phenoxy) is 2. The number of hydrogen-bond acceptors (Lipinski definition) is 14. The average Bonchev–Trinajstić information content (AvgIpc) is 3.59. The smallest absolute Gasteiger partial charge is 0.242 e. The maximum absolute atomic E-state index is 13.5. The first-order valence-corrected chi connectivity index (χ1v) is 20.7. The van der Waals surface area contributed by atoms with Gasteiger partial charge in [-0.05, 0) is 82.9 Å². The monoisotopic (exact) mass is 832 g/mol. The molecule has 0 saturated carbocycles. The van der Waals surface area contributed by atoms with Crippen LogP contribution in [0.2, 0.25) is 0 Å². The van der Waals surface area contributed by atoms with Crippen LogP contribution in [-0.4, -0.2) is 97.2 Å². The molecule has 4 aliphatic rings. The highest BCUT2D eigenvalue weighted by Crippen LogP contribution is 2.48. The number of anilines is 6. The quantitative estimate of drug-likeness (QED) is 0.188. The van der Waals surface area contributed by atoms with Crippen molar-refractivity contribution >= 4 is 46.5 Å². The van der Waals surface area contributed by atoms with Crippen molar-refractivity contribution in [3.8, 4) is 22.3 Å². The maximum atomic E-state index is 13.5. The predicted molar refractivity (Wildman–Crippen MR) is 235 cm³/mol. The van der Waals surface area contributed by atoms with Crippen molar-refractivity contribution in [2.45, 2.75) is 65.3 Å². The van der Waals surface area contributed by atoms with Crippen LogP contribution >= 0.6 is 0 Å². The zero-order valence-electron chi connectivity index (χ0n) is 35.9. The molecule has 8 heterocycles. The second-order valence-electron chi connectivity index (χ2n) is 16.9. The van der Waals surface area contributed by atoms with Gasteiger partial charge in [-0.3, -0.25) is 29.4 Å². The Morgan fingerprint density at radius 2 is 1.13 bits per heavy atom. The molecule has 62 heavy (non-hydrogen) atoms. The van der Waals surface area contributed by atoms with E-state index in [4.69, 9.17) is 14.5 Å². The van der Waals surface area contributed by atoms with E-state index in [-0.39, 0.29) is 17.9 Å². The molecule has 2 saturated heterocycles. The van der Waals surface area contributed by atoms with Crippen LogP contribution in [0.1, 0.15) is 56.2 Å². The van der Waals surface area contributed by atoms with Gasteiger partial charge in [-0.2, -0.15) is 0 Å². The van der Waals surface area contributed by atoms with E-state index in [2.05, 4.69) is 45.1 Å². The summed E-state index contributed by atoms with van der Waals surface area (Å²) in [4.78, 5) is 68.1. The minimum Gasteiger partial charge on any atom is -0.378 e. The number of fused-ring (bicyclic) bond motifs is 2. The van der Waals surface area contributed by atoms with Crippen LogP contribution in [0.5, 0.6) is 0 Å². The number of benzene rings is 2. The van der Waals surface area contributed by atoms with Crippen LogP contribution < -0.4 is 20.0 Å². The van der Waals surface area contributed by atoms with Crippen LogP contribution in [0.3, 0.4) is 0 Å². The van der Waals surface area contributed by atoms with Gasteiger partial charge in [0.1, 0.15) is 17.5 Å². The number of morpholine rings is 1. The Hall–Kier alpha value is -6.78. The zero-order valence-corrected chi connectivity index (χ0v) is 35.9. The number of carbonyl (C=O) groups excluding carboxylic acids is 2. The van der Waals surface area contributed by atoms with Crippen LogP contribution in [0.4, 0.5) is 34.6 Å². The molecular weight excluding hydrogens is 785 g/mol. The molecule has 0 bridgehead atoms. The molecule has 16 heteroatoms. The first kappa shape index (κ1) is 40.6. The Bertz CT molecular complexity index is 2680. The van der Waals surface area contributed by atoms with Crippen molar-refractivity contribution in [2.75, 3.05) is 59.5 Å². The molecule has 2 fully saturated rings. The van der Waals surface area contributed by atoms with E-state index in [1.165, 1.54) is 0 Å². The van der Waals surface area contributed by atoms with Crippen LogP contribution in [0, 0.1) is 20.8 Å². The summed E-state index contributed by atoms with van der Waals surface area (Å²) in [6.07, 6.45) is 12.2. The molecule has 2 amide bonds. The van der Waals surface area contributed by atoms with Crippen molar-refractivity contribution in [1.82, 2.24) is 39.9 Å². The number of carbonyl (C=O) groups is 2. The fourth-order valence-corrected chi connectivity index (χ4v) is 8.07. The average molecular weight is 833 g/mol. The lowest BCUT2D eigenvalue weighted by Crippen LogP contribution is -2.40. The van der Waals surface area contributed by atoms with Gasteiger partial charge in [0.25, 0.3) is 0 Å². The molecule has 0 atom stereocenters. The number of nitrogens with zero attached hydrogens (tertiary/aromatic N) is 11. The summed E-state index contributed by atoms with van der Waals surface area (Å²) < 4.78 is 10.7. The number of aryl methyl sites for hydroxylation is 3. The zero-order chi connectivity index (χ0) is 43.3. The minimum absolute atomic E-state index is 0.0177. The van der Waals surface area contributed by atoms with Gasteiger partial charge in [-0.1, -0.05) is 24.3 Å². The Kier molecular flexibility index (Phi) is 10.4. The summed E-state index contributed by atoms with van der Waals surface area (Å²) in [6.45, 7) is 17.5. The first-order valence-electron chi connectivity index (χ1n) is 20.7. The van der Waals surface area contributed by atoms with Crippen molar-refractivity contribution in [2.24, 2.45) is 0 Å². The maximum Gasteiger partial charge on any atom is 0.242 e. The molecule has 4 aromatic heterocycles. The normalized spacial score (nSPS) is 17.6. The van der Waals surface area contributed by atoms with E-state index >= 15 is 0 Å². The molecule has 1 N–H and O–H groups in total. The number of aromatic nitrogens is 8. The molecule has 0 radical (unpaired) electrons. The summed E-state index contributed by atoms with van der Waals surface area (Å²) in [5.74, 6) is 3.84. The van der Waals surface area contributed by atoms with Gasteiger partial charge < -0.3 is 19.7 Å². The molecule has 16 nitrogen and oxygen atoms in total. The molecule has 0 aliphatic carbocycles. The fraction of sp³-hybridized carbons (Fsp3) is 0.348. The van der Waals surface area contributed by atoms with E-state index in [0.717, 1.165) is 75.2 Å². The molecule has 10 rings (SSSR count). The Labute approximate surface area is 359 Å². The second kappa shape index (κ2) is 15.9. The third kappa shape index (κ3) is 7.38. The van der Waals surface area contributed by atoms with Crippen molar-refractivity contribution in [1.29, 1.82) is 0 Å². The lowest BCUT2D eigenvalue weighted by atomic mass is 9.85. The molecule has 6 aromatic rings. The third-order valence-electron chi connectivity index (χ3n) is 11.8. The second-order valence-corrected chi connectivity index (χ2v) is 16.9.